The molecule has 1 rings (SSSR count). The third kappa shape index (κ3) is 5.00. The van der Waals surface area contributed by atoms with Gasteiger partial charge in [-0.3, -0.25) is 14.4 Å². The molecule has 1 heterocycles. The largest absolute Gasteiger partial charge is 0.481 e. The zero-order valence-electron chi connectivity index (χ0n) is 9.75. The topological polar surface area (TPSA) is 101 Å². The number of amides is 1. The molecule has 2 N–H and O–H groups in total. The molecule has 1 aromatic rings. The zero-order chi connectivity index (χ0) is 13.5. The number of rotatable bonds is 6. The van der Waals surface area contributed by atoms with Crippen LogP contribution in [0.3, 0.4) is 0 Å². The second-order valence-corrected chi connectivity index (χ2v) is 4.35. The summed E-state index contributed by atoms with van der Waals surface area (Å²) in [7, 11) is 0. The molecule has 0 fully saturated rings. The summed E-state index contributed by atoms with van der Waals surface area (Å²) in [5.74, 6) is -1.30. The summed E-state index contributed by atoms with van der Waals surface area (Å²) in [6.07, 6.45) is 1.53. The van der Waals surface area contributed by atoms with Crippen molar-refractivity contribution < 1.29 is 14.7 Å². The minimum absolute atomic E-state index is 0.149. The van der Waals surface area contributed by atoms with E-state index in [2.05, 4.69) is 10.3 Å². The van der Waals surface area contributed by atoms with E-state index >= 15 is 0 Å². The van der Waals surface area contributed by atoms with Crippen LogP contribution in [0, 0.1) is 0 Å². The first-order valence-corrected chi connectivity index (χ1v) is 6.14. The fourth-order valence-electron chi connectivity index (χ4n) is 1.18. The number of nitrogens with one attached hydrogen (secondary N) is 1. The lowest BCUT2D eigenvalue weighted by Gasteiger charge is -2.10. The molecule has 8 heteroatoms. The molecule has 0 aliphatic carbocycles. The normalized spacial score (nSPS) is 10.1. The Morgan fingerprint density at radius 2 is 2.28 bits per heavy atom. The maximum absolute atomic E-state index is 11.1. The van der Waals surface area contributed by atoms with Crippen molar-refractivity contribution in [3.8, 4) is 0 Å². The molecule has 98 valence electrons. The molecule has 1 amide bonds. The van der Waals surface area contributed by atoms with Gasteiger partial charge in [0.25, 0.3) is 5.56 Å². The van der Waals surface area contributed by atoms with E-state index in [4.69, 9.17) is 5.11 Å². The van der Waals surface area contributed by atoms with Crippen molar-refractivity contribution in [2.45, 2.75) is 18.6 Å². The predicted molar refractivity (Wildman–Crippen MR) is 65.5 cm³/mol. The summed E-state index contributed by atoms with van der Waals surface area (Å²) in [4.78, 5) is 36.0. The van der Waals surface area contributed by atoms with E-state index in [1.54, 1.807) is 4.57 Å². The number of carbonyl (C=O) groups is 2. The summed E-state index contributed by atoms with van der Waals surface area (Å²) in [6.45, 7) is 2.22. The van der Waals surface area contributed by atoms with Gasteiger partial charge in [-0.15, -0.1) is 0 Å². The van der Waals surface area contributed by atoms with Gasteiger partial charge < -0.3 is 15.0 Å². The van der Waals surface area contributed by atoms with Crippen molar-refractivity contribution in [3.63, 3.8) is 0 Å². The monoisotopic (exact) mass is 271 g/mol. The summed E-state index contributed by atoms with van der Waals surface area (Å²) < 4.78 is 1.63. The molecule has 0 aromatic carbocycles. The third-order valence-corrected chi connectivity index (χ3v) is 2.88. The first-order chi connectivity index (χ1) is 8.49. The van der Waals surface area contributed by atoms with E-state index in [9.17, 15) is 14.4 Å². The average Bonchev–Trinajstić information content (AvgIpc) is 2.28. The lowest BCUT2D eigenvalue weighted by Crippen LogP contribution is -2.26. The van der Waals surface area contributed by atoms with E-state index < -0.39 is 11.5 Å². The van der Waals surface area contributed by atoms with Crippen LogP contribution in [0.2, 0.25) is 0 Å². The van der Waals surface area contributed by atoms with Crippen LogP contribution in [0.15, 0.2) is 22.2 Å². The molecule has 0 unspecified atom stereocenters. The van der Waals surface area contributed by atoms with Crippen molar-refractivity contribution in [3.05, 3.63) is 22.6 Å². The molecular formula is C10H13N3O4S. The van der Waals surface area contributed by atoms with Gasteiger partial charge in [-0.1, -0.05) is 11.8 Å². The van der Waals surface area contributed by atoms with Crippen molar-refractivity contribution in [1.29, 1.82) is 0 Å². The van der Waals surface area contributed by atoms with Gasteiger partial charge in [0.1, 0.15) is 0 Å². The number of carboxylic acid groups (broad SMARTS) is 1. The molecule has 1 aromatic heterocycles. The Morgan fingerprint density at radius 3 is 2.89 bits per heavy atom. The van der Waals surface area contributed by atoms with Crippen LogP contribution in [0.5, 0.6) is 0 Å². The zero-order valence-corrected chi connectivity index (χ0v) is 10.6. The molecule has 0 atom stereocenters. The first-order valence-electron chi connectivity index (χ1n) is 5.15. The number of aliphatic carboxylic acids is 1. The second-order valence-electron chi connectivity index (χ2n) is 3.41. The van der Waals surface area contributed by atoms with Crippen LogP contribution in [0.4, 0.5) is 0 Å². The number of nitrogens with zero attached hydrogens (tertiary/aromatic N) is 2. The Morgan fingerprint density at radius 1 is 1.56 bits per heavy atom. The van der Waals surface area contributed by atoms with Crippen molar-refractivity contribution in [2.75, 3.05) is 12.3 Å². The van der Waals surface area contributed by atoms with Gasteiger partial charge in [-0.25, -0.2) is 0 Å². The second kappa shape index (κ2) is 6.80. The predicted octanol–water partition coefficient (Wildman–Crippen LogP) is -0.444. The van der Waals surface area contributed by atoms with Crippen LogP contribution in [0.25, 0.3) is 0 Å². The van der Waals surface area contributed by atoms with E-state index in [0.29, 0.717) is 18.2 Å². The van der Waals surface area contributed by atoms with E-state index in [-0.39, 0.29) is 11.7 Å². The Labute approximate surface area is 107 Å². The Hall–Kier alpha value is -1.83. The number of carboxylic acids is 1. The average molecular weight is 271 g/mol. The van der Waals surface area contributed by atoms with Crippen molar-refractivity contribution in [1.82, 2.24) is 14.9 Å². The lowest BCUT2D eigenvalue weighted by atomic mass is 10.5. The highest BCUT2D eigenvalue weighted by atomic mass is 32.2. The molecule has 0 spiro atoms. The summed E-state index contributed by atoms with van der Waals surface area (Å²) in [5.41, 5.74) is -0.418. The summed E-state index contributed by atoms with van der Waals surface area (Å²) >= 11 is 0.968. The highest BCUT2D eigenvalue weighted by molar-refractivity contribution is 7.99. The highest BCUT2D eigenvalue weighted by Gasteiger charge is 2.06. The molecule has 0 saturated carbocycles. The fourth-order valence-corrected chi connectivity index (χ4v) is 1.90. The van der Waals surface area contributed by atoms with E-state index in [1.165, 1.54) is 19.2 Å². The van der Waals surface area contributed by atoms with Crippen LogP contribution in [-0.4, -0.2) is 38.8 Å². The Balaban J connectivity index is 2.72. The van der Waals surface area contributed by atoms with Crippen LogP contribution in [-0.2, 0) is 16.1 Å². The van der Waals surface area contributed by atoms with Crippen LogP contribution in [0.1, 0.15) is 6.92 Å². The number of thioether (sulfide) groups is 1. The van der Waals surface area contributed by atoms with Gasteiger partial charge in [0, 0.05) is 32.3 Å². The SMILES string of the molecule is CC(=O)NCCn1ccc(=O)nc1SCC(=O)O. The number of aromatic nitrogens is 2. The number of hydrogen-bond donors (Lipinski definition) is 2. The molecular weight excluding hydrogens is 258 g/mol. The van der Waals surface area contributed by atoms with Crippen LogP contribution < -0.4 is 10.9 Å². The Kier molecular flexibility index (Phi) is 5.37. The third-order valence-electron chi connectivity index (χ3n) is 1.90. The molecule has 0 aliphatic rings. The van der Waals surface area contributed by atoms with Gasteiger partial charge in [-0.2, -0.15) is 4.98 Å². The van der Waals surface area contributed by atoms with Gasteiger partial charge in [0.2, 0.25) is 5.91 Å². The van der Waals surface area contributed by atoms with Gasteiger partial charge in [0.15, 0.2) is 5.16 Å². The quantitative estimate of drug-likeness (QED) is 0.537. The molecule has 18 heavy (non-hydrogen) atoms. The molecule has 7 nitrogen and oxygen atoms in total. The van der Waals surface area contributed by atoms with Crippen molar-refractivity contribution in [2.24, 2.45) is 0 Å². The Bertz CT molecular complexity index is 500. The minimum atomic E-state index is -0.980. The highest BCUT2D eigenvalue weighted by Crippen LogP contribution is 2.12. The smallest absolute Gasteiger partial charge is 0.313 e. The standard InChI is InChI=1S/C10H13N3O4S/c1-7(14)11-3-5-13-4-2-8(15)12-10(13)18-6-9(16)17/h2,4H,3,5-6H2,1H3,(H,11,14)(H,16,17). The lowest BCUT2D eigenvalue weighted by molar-refractivity contribution is -0.133. The molecule has 0 saturated heterocycles. The van der Waals surface area contributed by atoms with E-state index in [0.717, 1.165) is 11.8 Å². The minimum Gasteiger partial charge on any atom is -0.481 e. The molecule has 0 aliphatic heterocycles. The van der Waals surface area contributed by atoms with Gasteiger partial charge in [0.05, 0.1) is 5.75 Å². The van der Waals surface area contributed by atoms with E-state index in [1.807, 2.05) is 0 Å². The maximum Gasteiger partial charge on any atom is 0.313 e. The summed E-state index contributed by atoms with van der Waals surface area (Å²) in [6, 6.07) is 1.29. The number of carbonyl (C=O) groups excluding carboxylic acids is 1. The maximum atomic E-state index is 11.1. The first kappa shape index (κ1) is 14.2. The number of hydrogen-bond acceptors (Lipinski definition) is 5. The van der Waals surface area contributed by atoms with Gasteiger partial charge in [-0.05, 0) is 0 Å². The van der Waals surface area contributed by atoms with Gasteiger partial charge >= 0.3 is 5.97 Å². The van der Waals surface area contributed by atoms with Crippen LogP contribution >= 0.6 is 11.8 Å². The fraction of sp³-hybridized carbons (Fsp3) is 0.400. The molecule has 0 radical (unpaired) electrons. The summed E-state index contributed by atoms with van der Waals surface area (Å²) in [5, 5.41) is 11.5. The molecule has 0 bridgehead atoms. The van der Waals surface area contributed by atoms with Crippen molar-refractivity contribution >= 4 is 23.6 Å².